The lowest BCUT2D eigenvalue weighted by Crippen LogP contribution is -2.21. The fourth-order valence-corrected chi connectivity index (χ4v) is 2.32. The third kappa shape index (κ3) is 32.6. The fourth-order valence-electron chi connectivity index (χ4n) is 2.32. The summed E-state index contributed by atoms with van der Waals surface area (Å²) in [6.45, 7) is 2.27. The second-order valence-electron chi connectivity index (χ2n) is 7.06. The van der Waals surface area contributed by atoms with Crippen LogP contribution in [0.4, 0.5) is 26.3 Å². The van der Waals surface area contributed by atoms with E-state index in [0.717, 1.165) is 6.42 Å². The molecule has 32 heavy (non-hydrogen) atoms. The molecule has 0 radical (unpaired) electrons. The summed E-state index contributed by atoms with van der Waals surface area (Å²) in [6.07, 6.45) is 7.77. The summed E-state index contributed by atoms with van der Waals surface area (Å²) < 4.78 is 63.5. The van der Waals surface area contributed by atoms with E-state index in [1.54, 1.807) is 0 Å². The molecule has 0 bridgehead atoms. The lowest BCUT2D eigenvalue weighted by Gasteiger charge is -2.02. The summed E-state index contributed by atoms with van der Waals surface area (Å²) in [6, 6.07) is 0. The van der Waals surface area contributed by atoms with Crippen molar-refractivity contribution in [1.82, 2.24) is 0 Å². The Bertz CT molecular complexity index is 472. The number of carbonyl (C=O) groups excluding carboxylic acids is 1. The van der Waals surface area contributed by atoms with Gasteiger partial charge in [-0.25, -0.2) is 9.59 Å². The van der Waals surface area contributed by atoms with Crippen molar-refractivity contribution in [3.05, 3.63) is 0 Å². The van der Waals surface area contributed by atoms with Crippen LogP contribution in [0, 0.1) is 0 Å². The smallest absolute Gasteiger partial charge is 0.475 e. The van der Waals surface area contributed by atoms with Crippen LogP contribution >= 0.6 is 0 Å². The van der Waals surface area contributed by atoms with Gasteiger partial charge < -0.3 is 15.9 Å². The summed E-state index contributed by atoms with van der Waals surface area (Å²) in [5, 5.41) is 14.2. The van der Waals surface area contributed by atoms with Crippen LogP contribution in [-0.2, 0) is 14.4 Å². The van der Waals surface area contributed by atoms with Crippen LogP contribution in [0.2, 0.25) is 0 Å². The Labute approximate surface area is 184 Å². The number of amides is 1. The van der Waals surface area contributed by atoms with Crippen molar-refractivity contribution in [3.8, 4) is 0 Å². The number of carboxylic acid groups (broad SMARTS) is 2. The summed E-state index contributed by atoms with van der Waals surface area (Å²) in [5.74, 6) is -5.67. The molecule has 0 spiro atoms. The number of aliphatic carboxylic acids is 2. The van der Waals surface area contributed by atoms with Gasteiger partial charge in [-0.05, 0) is 6.42 Å². The van der Waals surface area contributed by atoms with Crippen molar-refractivity contribution >= 4 is 17.8 Å². The molecule has 0 fully saturated rings. The van der Waals surface area contributed by atoms with Crippen LogP contribution in [0.15, 0.2) is 0 Å². The molecule has 4 N–H and O–H groups in total. The Morgan fingerprint density at radius 2 is 0.812 bits per heavy atom. The maximum Gasteiger partial charge on any atom is 0.490 e. The Morgan fingerprint density at radius 1 is 0.594 bits per heavy atom. The normalized spacial score (nSPS) is 11.0. The highest BCUT2D eigenvalue weighted by Crippen LogP contribution is 2.14. The number of rotatable bonds is 14. The van der Waals surface area contributed by atoms with Gasteiger partial charge in [0, 0.05) is 6.42 Å². The van der Waals surface area contributed by atoms with Gasteiger partial charge in [0.1, 0.15) is 0 Å². The number of hydrogen-bond donors (Lipinski definition) is 3. The van der Waals surface area contributed by atoms with E-state index in [0.29, 0.717) is 6.42 Å². The SMILES string of the molecule is CCCCCCCCCCCCCCCC(N)=O.O=C(O)C(F)(F)F.O=C(O)C(F)(F)F. The minimum atomic E-state index is -5.08. The molecule has 0 saturated carbocycles. The molecule has 1 amide bonds. The van der Waals surface area contributed by atoms with E-state index < -0.39 is 24.3 Å². The van der Waals surface area contributed by atoms with Crippen molar-refractivity contribution in [2.75, 3.05) is 0 Å². The average molecular weight is 483 g/mol. The molecular weight excluding hydrogens is 448 g/mol. The summed E-state index contributed by atoms with van der Waals surface area (Å²) in [5.41, 5.74) is 5.09. The second-order valence-corrected chi connectivity index (χ2v) is 7.06. The van der Waals surface area contributed by atoms with Crippen LogP contribution in [0.1, 0.15) is 96.8 Å². The maximum absolute atomic E-state index is 10.6. The molecule has 6 nitrogen and oxygen atoms in total. The van der Waals surface area contributed by atoms with Crippen LogP contribution in [-0.4, -0.2) is 40.4 Å². The van der Waals surface area contributed by atoms with E-state index in [1.807, 2.05) is 0 Å². The third-order valence-corrected chi connectivity index (χ3v) is 4.01. The molecule has 0 aliphatic rings. The first-order valence-electron chi connectivity index (χ1n) is 10.5. The zero-order valence-electron chi connectivity index (χ0n) is 18.4. The summed E-state index contributed by atoms with van der Waals surface area (Å²) in [4.78, 5) is 28.3. The molecule has 12 heteroatoms. The van der Waals surface area contributed by atoms with Gasteiger partial charge in [0.25, 0.3) is 0 Å². The molecule has 192 valence electrons. The predicted molar refractivity (Wildman–Crippen MR) is 107 cm³/mol. The summed E-state index contributed by atoms with van der Waals surface area (Å²) >= 11 is 0. The molecule has 0 aliphatic heterocycles. The average Bonchev–Trinajstić information content (AvgIpc) is 2.64. The number of carboxylic acids is 2. The molecule has 0 aromatic heterocycles. The lowest BCUT2D eigenvalue weighted by atomic mass is 10.0. The predicted octanol–water partition coefficient (Wildman–Crippen LogP) is 6.22. The molecule has 0 rings (SSSR count). The zero-order valence-corrected chi connectivity index (χ0v) is 18.4. The molecule has 0 aromatic rings. The Morgan fingerprint density at radius 3 is 1.00 bits per heavy atom. The van der Waals surface area contributed by atoms with Crippen LogP contribution < -0.4 is 5.73 Å². The minimum absolute atomic E-state index is 0.155. The minimum Gasteiger partial charge on any atom is -0.475 e. The van der Waals surface area contributed by atoms with Crippen LogP contribution in [0.25, 0.3) is 0 Å². The van der Waals surface area contributed by atoms with Crippen molar-refractivity contribution in [2.24, 2.45) is 5.73 Å². The monoisotopic (exact) mass is 483 g/mol. The van der Waals surface area contributed by atoms with E-state index in [9.17, 15) is 31.1 Å². The molecule has 0 atom stereocenters. The Hall–Kier alpha value is -2.01. The van der Waals surface area contributed by atoms with Gasteiger partial charge in [-0.1, -0.05) is 84.0 Å². The van der Waals surface area contributed by atoms with Crippen molar-refractivity contribution < 1.29 is 50.9 Å². The highest BCUT2D eigenvalue weighted by atomic mass is 19.4. The number of carbonyl (C=O) groups is 3. The number of hydrogen-bond acceptors (Lipinski definition) is 3. The van der Waals surface area contributed by atoms with E-state index in [4.69, 9.17) is 25.5 Å². The lowest BCUT2D eigenvalue weighted by molar-refractivity contribution is -0.193. The van der Waals surface area contributed by atoms with Gasteiger partial charge in [0.2, 0.25) is 5.91 Å². The van der Waals surface area contributed by atoms with E-state index >= 15 is 0 Å². The molecule has 0 heterocycles. The van der Waals surface area contributed by atoms with Gasteiger partial charge in [-0.2, -0.15) is 26.3 Å². The quantitative estimate of drug-likeness (QED) is 0.200. The highest BCUT2D eigenvalue weighted by Gasteiger charge is 2.38. The van der Waals surface area contributed by atoms with Gasteiger partial charge in [-0.3, -0.25) is 4.79 Å². The highest BCUT2D eigenvalue weighted by molar-refractivity contribution is 5.73. The van der Waals surface area contributed by atoms with Crippen molar-refractivity contribution in [2.45, 2.75) is 109 Å². The topological polar surface area (TPSA) is 118 Å². The zero-order chi connectivity index (χ0) is 25.6. The van der Waals surface area contributed by atoms with E-state index in [2.05, 4.69) is 6.92 Å². The molecule has 0 saturated heterocycles. The number of alkyl halides is 6. The standard InChI is InChI=1S/C16H33NO.2C2HF3O2/c1-2-3-4-5-6-7-8-9-10-11-12-13-14-15-16(17)18;2*3-2(4,5)1(6)7/h2-15H2,1H3,(H2,17,18);2*(H,6,7). The van der Waals surface area contributed by atoms with Crippen molar-refractivity contribution in [3.63, 3.8) is 0 Å². The first-order valence-corrected chi connectivity index (χ1v) is 10.5. The molecule has 0 unspecified atom stereocenters. The first-order chi connectivity index (χ1) is 14.7. The van der Waals surface area contributed by atoms with Crippen LogP contribution in [0.5, 0.6) is 0 Å². The van der Waals surface area contributed by atoms with Gasteiger partial charge >= 0.3 is 24.3 Å². The second kappa shape index (κ2) is 20.9. The third-order valence-electron chi connectivity index (χ3n) is 4.01. The number of nitrogens with two attached hydrogens (primary N) is 1. The fraction of sp³-hybridized carbons (Fsp3) is 0.850. The van der Waals surface area contributed by atoms with Crippen molar-refractivity contribution in [1.29, 1.82) is 0 Å². The number of halogens is 6. The summed E-state index contributed by atoms with van der Waals surface area (Å²) in [7, 11) is 0. The Kier molecular flexibility index (Phi) is 22.6. The van der Waals surface area contributed by atoms with E-state index in [1.165, 1.54) is 77.0 Å². The first kappa shape index (κ1) is 34.6. The van der Waals surface area contributed by atoms with Gasteiger partial charge in [0.15, 0.2) is 0 Å². The number of primary amides is 1. The van der Waals surface area contributed by atoms with Gasteiger partial charge in [0.05, 0.1) is 0 Å². The Balaban J connectivity index is -0.000000491. The van der Waals surface area contributed by atoms with Gasteiger partial charge in [-0.15, -0.1) is 0 Å². The largest absolute Gasteiger partial charge is 0.490 e. The molecule has 0 aliphatic carbocycles. The van der Waals surface area contributed by atoms with Crippen LogP contribution in [0.3, 0.4) is 0 Å². The molecule has 0 aromatic carbocycles. The van der Waals surface area contributed by atoms with E-state index in [-0.39, 0.29) is 5.91 Å². The maximum atomic E-state index is 10.6. The molecular formula is C20H35F6NO5. The number of unbranched alkanes of at least 4 members (excludes halogenated alkanes) is 12.